The summed E-state index contributed by atoms with van der Waals surface area (Å²) in [4.78, 5) is 11.6. The SMILES string of the molecule is C(/Nc1ccccc1)=C1/CC/C(=C\Nc2ccccc2)C1=[N+](c1ccccc1)c1ccccc1.COC(=O)c1ccc2sc(C)[n+](CCCSOO[O-])c2c1.FB(F)F.[F-]. The predicted octanol–water partition coefficient (Wildman–Crippen LogP) is 7.18. The molecule has 5 aromatic carbocycles. The van der Waals surface area contributed by atoms with Crippen LogP contribution in [-0.2, 0) is 20.7 Å². The van der Waals surface area contributed by atoms with Crippen molar-refractivity contribution in [1.29, 1.82) is 0 Å². The van der Waals surface area contributed by atoms with Crippen LogP contribution in [0, 0.1) is 6.92 Å². The zero-order valence-corrected chi connectivity index (χ0v) is 34.4. The lowest BCUT2D eigenvalue weighted by Gasteiger charge is -2.10. The van der Waals surface area contributed by atoms with Crippen molar-refractivity contribution in [1.82, 2.24) is 4.58 Å². The van der Waals surface area contributed by atoms with Gasteiger partial charge in [-0.25, -0.2) is 4.79 Å². The fourth-order valence-electron chi connectivity index (χ4n) is 6.31. The summed E-state index contributed by atoms with van der Waals surface area (Å²) >= 11 is 2.65. The molecule has 1 aromatic heterocycles. The van der Waals surface area contributed by atoms with Crippen LogP contribution in [0.4, 0.5) is 35.7 Å². The van der Waals surface area contributed by atoms with Crippen LogP contribution in [0.5, 0.6) is 0 Å². The smallest absolute Gasteiger partial charge is 0.762 e. The van der Waals surface area contributed by atoms with E-state index in [1.807, 2.05) is 31.2 Å². The number of nitrogens with zero attached hydrogens (tertiary/aromatic N) is 2. The molecule has 2 N–H and O–H groups in total. The molecule has 1 heterocycles. The molecule has 0 unspecified atom stereocenters. The van der Waals surface area contributed by atoms with Gasteiger partial charge in [0.1, 0.15) is 4.70 Å². The number of carbonyl (C=O) groups excluding carboxylic acids is 1. The molecular weight excluding hydrogens is 815 g/mol. The molecule has 1 aliphatic rings. The van der Waals surface area contributed by atoms with Gasteiger partial charge in [0.25, 0.3) is 0 Å². The highest BCUT2D eigenvalue weighted by atomic mass is 32.2. The summed E-state index contributed by atoms with van der Waals surface area (Å²) in [5.74, 6) is 0.298. The highest BCUT2D eigenvalue weighted by molar-refractivity contribution is 7.94. The van der Waals surface area contributed by atoms with Crippen LogP contribution >= 0.6 is 23.4 Å². The van der Waals surface area contributed by atoms with Gasteiger partial charge in [-0.05, 0) is 49.2 Å². The number of halogens is 4. The highest BCUT2D eigenvalue weighted by Crippen LogP contribution is 2.33. The number of carbonyl (C=O) groups is 1. The quantitative estimate of drug-likeness (QED) is 0.0185. The molecule has 0 aliphatic heterocycles. The molecule has 0 bridgehead atoms. The average Bonchev–Trinajstić information content (AvgIpc) is 3.81. The summed E-state index contributed by atoms with van der Waals surface area (Å²) in [6.07, 6.45) is 7.06. The Bertz CT molecular complexity index is 2220. The van der Waals surface area contributed by atoms with Crippen molar-refractivity contribution < 1.29 is 46.4 Å². The Kier molecular flexibility index (Phi) is 19.5. The molecule has 0 atom stereocenters. The molecule has 0 spiro atoms. The Hall–Kier alpha value is -5.78. The number of nitrogens with one attached hydrogen (secondary N) is 2. The van der Waals surface area contributed by atoms with E-state index in [9.17, 15) is 23.0 Å². The average molecular weight is 859 g/mol. The predicted molar refractivity (Wildman–Crippen MR) is 231 cm³/mol. The van der Waals surface area contributed by atoms with Crippen molar-refractivity contribution in [3.63, 3.8) is 0 Å². The van der Waals surface area contributed by atoms with Gasteiger partial charge in [0.05, 0.1) is 12.7 Å². The first-order chi connectivity index (χ1) is 28.8. The van der Waals surface area contributed by atoms with Crippen LogP contribution in [-0.4, -0.2) is 32.1 Å². The van der Waals surface area contributed by atoms with Crippen molar-refractivity contribution in [2.75, 3.05) is 23.5 Å². The van der Waals surface area contributed by atoms with Crippen LogP contribution in [0.1, 0.15) is 34.6 Å². The van der Waals surface area contributed by atoms with Crippen LogP contribution < -0.4 is 29.7 Å². The minimum absolute atomic E-state index is 0. The monoisotopic (exact) mass is 858 g/mol. The van der Waals surface area contributed by atoms with Crippen molar-refractivity contribution in [2.24, 2.45) is 0 Å². The Morgan fingerprint density at radius 3 is 1.77 bits per heavy atom. The number of rotatable bonds is 13. The van der Waals surface area contributed by atoms with E-state index in [0.29, 0.717) is 11.3 Å². The number of allylic oxidation sites excluding steroid dienone is 2. The molecule has 312 valence electrons. The Balaban J connectivity index is 0.000000262. The maximum Gasteiger partial charge on any atom is 0.762 e. The number of hydrogen-bond donors (Lipinski definition) is 2. The van der Waals surface area contributed by atoms with Crippen molar-refractivity contribution >= 4 is 75.6 Å². The number of aryl methyl sites for hydroxylation is 2. The van der Waals surface area contributed by atoms with Gasteiger partial charge in [-0.15, -0.1) is 0 Å². The third-order valence-corrected chi connectivity index (χ3v) is 10.6. The summed E-state index contributed by atoms with van der Waals surface area (Å²) in [6, 6.07) is 47.4. The first-order valence-electron chi connectivity index (χ1n) is 18.6. The summed E-state index contributed by atoms with van der Waals surface area (Å²) < 4.78 is 43.6. The zero-order chi connectivity index (χ0) is 41.8. The minimum atomic E-state index is -3.67. The van der Waals surface area contributed by atoms with Crippen molar-refractivity contribution in [2.45, 2.75) is 32.7 Å². The van der Waals surface area contributed by atoms with Gasteiger partial charge in [0.2, 0.25) is 27.6 Å². The summed E-state index contributed by atoms with van der Waals surface area (Å²) in [6.45, 7) is 2.80. The number of ether oxygens (including phenoxy) is 1. The van der Waals surface area contributed by atoms with Gasteiger partial charge in [0.15, 0.2) is 6.54 Å². The maximum absolute atomic E-state index is 11.6. The van der Waals surface area contributed by atoms with E-state index >= 15 is 0 Å². The third kappa shape index (κ3) is 13.9. The van der Waals surface area contributed by atoms with E-state index in [0.717, 1.165) is 75.8 Å². The number of fused-ring (bicyclic) bond motifs is 1. The zero-order valence-electron chi connectivity index (χ0n) is 32.8. The number of thiazole rings is 1. The molecule has 0 saturated heterocycles. The molecule has 7 rings (SSSR count). The van der Waals surface area contributed by atoms with Crippen LogP contribution in [0.2, 0.25) is 0 Å². The topological polar surface area (TPSA) is 98.8 Å². The minimum Gasteiger partial charge on any atom is -1.00 e. The van der Waals surface area contributed by atoms with E-state index in [4.69, 9.17) is 4.74 Å². The number of aromatic nitrogens is 1. The molecule has 0 radical (unpaired) electrons. The van der Waals surface area contributed by atoms with Gasteiger partial charge in [-0.1, -0.05) is 84.1 Å². The summed E-state index contributed by atoms with van der Waals surface area (Å²) in [7, 11) is -2.30. The molecule has 60 heavy (non-hydrogen) atoms. The van der Waals surface area contributed by atoms with E-state index < -0.39 is 7.54 Å². The van der Waals surface area contributed by atoms with Crippen LogP contribution in [0.15, 0.2) is 163 Å². The number of anilines is 2. The standard InChI is InChI=1S/C31H27N3.C13H15NO5S2.BF3.FH/c1-5-13-27(14-6-1)32-23-25-21-22-26(24-33-28-15-7-2-8-16-28)31(25)34(29-17-9-3-10-18-29)30-19-11-4-12-20-30;1-9-14(6-3-7-20-19-18-16)11-8-10(13(15)17-2)4-5-12(11)21-9;2-1(3)4;/h1-20,23-24H,21-22H2,(H,32,33);4-5,8H,3,6-7H2,1-2H3;;1H. The molecule has 0 amide bonds. The molecule has 1 aliphatic carbocycles. The number of hydrogen-bond acceptors (Lipinski definition) is 9. The third-order valence-electron chi connectivity index (χ3n) is 8.89. The van der Waals surface area contributed by atoms with Crippen molar-refractivity contribution in [3.8, 4) is 0 Å². The molecule has 16 heteroatoms. The molecule has 6 aromatic rings. The Morgan fingerprint density at radius 2 is 1.30 bits per heavy atom. The number of methoxy groups -OCH3 is 1. The molecule has 9 nitrogen and oxygen atoms in total. The van der Waals surface area contributed by atoms with Crippen LogP contribution in [0.3, 0.4) is 0 Å². The molecule has 1 saturated carbocycles. The van der Waals surface area contributed by atoms with Gasteiger partial charge < -0.3 is 25.3 Å². The van der Waals surface area contributed by atoms with E-state index in [2.05, 4.69) is 151 Å². The van der Waals surface area contributed by atoms with Gasteiger partial charge in [-0.2, -0.15) is 13.5 Å². The summed E-state index contributed by atoms with van der Waals surface area (Å²) in [5, 5.41) is 21.1. The fourth-order valence-corrected chi connectivity index (χ4v) is 7.69. The Labute approximate surface area is 355 Å². The number of para-hydroxylation sites is 4. The first kappa shape index (κ1) is 46.9. The summed E-state index contributed by atoms with van der Waals surface area (Å²) in [5.41, 5.74) is 9.75. The molecular formula is C44H43BF4N4O5S2. The molecule has 1 fully saturated rings. The van der Waals surface area contributed by atoms with E-state index in [1.54, 1.807) is 17.4 Å². The van der Waals surface area contributed by atoms with E-state index in [-0.39, 0.29) is 10.7 Å². The lowest BCUT2D eigenvalue weighted by molar-refractivity contribution is -0.777. The van der Waals surface area contributed by atoms with Gasteiger partial charge >= 0.3 is 13.5 Å². The second-order valence-electron chi connectivity index (χ2n) is 12.7. The number of benzene rings is 5. The highest BCUT2D eigenvalue weighted by Gasteiger charge is 2.33. The van der Waals surface area contributed by atoms with E-state index in [1.165, 1.54) is 24.0 Å². The van der Waals surface area contributed by atoms with Gasteiger partial charge in [-0.3, -0.25) is 18.0 Å². The second kappa shape index (κ2) is 25.0. The second-order valence-corrected chi connectivity index (χ2v) is 14.7. The number of esters is 1. The largest absolute Gasteiger partial charge is 1.00 e. The van der Waals surface area contributed by atoms with Crippen molar-refractivity contribution in [3.05, 3.63) is 174 Å². The van der Waals surface area contributed by atoms with Gasteiger partial charge in [0, 0.05) is 96.4 Å². The fraction of sp³-hybridized carbons (Fsp3) is 0.159. The normalized spacial score (nSPS) is 13.1. The first-order valence-corrected chi connectivity index (χ1v) is 20.3. The maximum atomic E-state index is 11.6. The van der Waals surface area contributed by atoms with Crippen LogP contribution in [0.25, 0.3) is 10.2 Å². The lowest BCUT2D eigenvalue weighted by Crippen LogP contribution is -3.00. The Morgan fingerprint density at radius 1 is 0.817 bits per heavy atom. The lowest BCUT2D eigenvalue weighted by atomic mass is 10.1.